The zero-order valence-corrected chi connectivity index (χ0v) is 9.55. The SMILES string of the molecule is CC1(C)O[C@@H]2OC([C@@H](O)CN=[N+]=[N-])C(O)[C@@H]2O1. The van der Waals surface area contributed by atoms with E-state index in [1.807, 2.05) is 0 Å². The Hall–Kier alpha value is -0.890. The van der Waals surface area contributed by atoms with Gasteiger partial charge in [0.15, 0.2) is 12.1 Å². The summed E-state index contributed by atoms with van der Waals surface area (Å²) in [5, 5.41) is 22.8. The summed E-state index contributed by atoms with van der Waals surface area (Å²) in [6.45, 7) is 3.26. The van der Waals surface area contributed by atoms with Gasteiger partial charge in [-0.05, 0) is 19.4 Å². The molecule has 0 aromatic rings. The largest absolute Gasteiger partial charge is 0.390 e. The van der Waals surface area contributed by atoms with Gasteiger partial charge in [-0.2, -0.15) is 0 Å². The predicted octanol–water partition coefficient (Wildman–Crippen LogP) is -0.105. The van der Waals surface area contributed by atoms with Gasteiger partial charge in [-0.3, -0.25) is 0 Å². The molecule has 2 N–H and O–H groups in total. The summed E-state index contributed by atoms with van der Waals surface area (Å²) >= 11 is 0. The van der Waals surface area contributed by atoms with Crippen molar-refractivity contribution in [1.82, 2.24) is 0 Å². The van der Waals surface area contributed by atoms with E-state index < -0.39 is 36.5 Å². The predicted molar refractivity (Wildman–Crippen MR) is 54.7 cm³/mol. The van der Waals surface area contributed by atoms with Gasteiger partial charge in [0, 0.05) is 4.91 Å². The number of aliphatic hydroxyl groups excluding tert-OH is 2. The smallest absolute Gasteiger partial charge is 0.190 e. The molecule has 2 saturated heterocycles. The van der Waals surface area contributed by atoms with Crippen molar-refractivity contribution in [1.29, 1.82) is 0 Å². The van der Waals surface area contributed by atoms with Crippen LogP contribution in [-0.2, 0) is 14.2 Å². The van der Waals surface area contributed by atoms with E-state index in [0.717, 1.165) is 0 Å². The topological polar surface area (TPSA) is 117 Å². The molecular formula is C9H15N3O5. The highest BCUT2D eigenvalue weighted by molar-refractivity contribution is 4.96. The summed E-state index contributed by atoms with van der Waals surface area (Å²) in [5.41, 5.74) is 8.15. The third-order valence-corrected chi connectivity index (χ3v) is 2.76. The van der Waals surface area contributed by atoms with Crippen LogP contribution in [0, 0.1) is 0 Å². The van der Waals surface area contributed by atoms with Crippen molar-refractivity contribution in [3.8, 4) is 0 Å². The molecular weight excluding hydrogens is 230 g/mol. The number of hydrogen-bond donors (Lipinski definition) is 2. The van der Waals surface area contributed by atoms with E-state index in [-0.39, 0.29) is 6.54 Å². The van der Waals surface area contributed by atoms with Crippen LogP contribution in [-0.4, -0.2) is 53.3 Å². The van der Waals surface area contributed by atoms with Crippen molar-refractivity contribution in [2.24, 2.45) is 5.11 Å². The molecule has 8 heteroatoms. The van der Waals surface area contributed by atoms with Crippen LogP contribution in [0.2, 0.25) is 0 Å². The quantitative estimate of drug-likeness (QED) is 0.409. The van der Waals surface area contributed by atoms with Crippen molar-refractivity contribution in [2.75, 3.05) is 6.54 Å². The average Bonchev–Trinajstić information content (AvgIpc) is 2.70. The molecule has 2 heterocycles. The molecule has 2 fully saturated rings. The molecule has 0 bridgehead atoms. The molecule has 2 aliphatic heterocycles. The van der Waals surface area contributed by atoms with Crippen LogP contribution in [0.5, 0.6) is 0 Å². The maximum absolute atomic E-state index is 9.94. The van der Waals surface area contributed by atoms with Crippen LogP contribution in [0.15, 0.2) is 5.11 Å². The summed E-state index contributed by atoms with van der Waals surface area (Å²) in [6.07, 6.45) is -4.29. The van der Waals surface area contributed by atoms with E-state index in [0.29, 0.717) is 0 Å². The van der Waals surface area contributed by atoms with Gasteiger partial charge in [0.05, 0.1) is 12.6 Å². The van der Waals surface area contributed by atoms with Gasteiger partial charge in [0.25, 0.3) is 0 Å². The molecule has 17 heavy (non-hydrogen) atoms. The zero-order chi connectivity index (χ0) is 12.6. The fraction of sp³-hybridized carbons (Fsp3) is 1.00. The van der Waals surface area contributed by atoms with Crippen LogP contribution < -0.4 is 0 Å². The van der Waals surface area contributed by atoms with Crippen LogP contribution in [0.3, 0.4) is 0 Å². The summed E-state index contributed by atoms with van der Waals surface area (Å²) in [5.74, 6) is -0.808. The molecule has 0 aromatic carbocycles. The van der Waals surface area contributed by atoms with Crippen molar-refractivity contribution in [2.45, 2.75) is 50.3 Å². The molecule has 0 amide bonds. The van der Waals surface area contributed by atoms with E-state index >= 15 is 0 Å². The molecule has 0 spiro atoms. The van der Waals surface area contributed by atoms with Crippen LogP contribution in [0.1, 0.15) is 13.8 Å². The number of nitrogens with zero attached hydrogens (tertiary/aromatic N) is 3. The van der Waals surface area contributed by atoms with E-state index in [1.165, 1.54) is 0 Å². The highest BCUT2D eigenvalue weighted by Gasteiger charge is 2.55. The summed E-state index contributed by atoms with van der Waals surface area (Å²) in [4.78, 5) is 2.53. The Labute approximate surface area is 97.7 Å². The third kappa shape index (κ3) is 2.37. The molecule has 5 atom stereocenters. The summed E-state index contributed by atoms with van der Waals surface area (Å²) in [6, 6.07) is 0. The maximum atomic E-state index is 9.94. The summed E-state index contributed by atoms with van der Waals surface area (Å²) < 4.78 is 16.2. The van der Waals surface area contributed by atoms with E-state index in [1.54, 1.807) is 13.8 Å². The second kappa shape index (κ2) is 4.41. The first-order valence-electron chi connectivity index (χ1n) is 5.33. The highest BCUT2D eigenvalue weighted by atomic mass is 16.8. The molecule has 2 rings (SSSR count). The standard InChI is InChI=1S/C9H15N3O5/c1-9(2)16-7-5(14)6(15-8(7)17-9)4(13)3-11-12-10/h4-8,13-14H,3H2,1-2H3/t4-,5?,6?,7-,8-/m0/s1. The Morgan fingerprint density at radius 2 is 2.18 bits per heavy atom. The lowest BCUT2D eigenvalue weighted by Gasteiger charge is -2.25. The van der Waals surface area contributed by atoms with Gasteiger partial charge in [-0.25, -0.2) is 0 Å². The van der Waals surface area contributed by atoms with Crippen LogP contribution >= 0.6 is 0 Å². The summed E-state index contributed by atoms with van der Waals surface area (Å²) in [7, 11) is 0. The second-order valence-corrected chi connectivity index (χ2v) is 4.54. The molecule has 8 nitrogen and oxygen atoms in total. The van der Waals surface area contributed by atoms with Crippen molar-refractivity contribution < 1.29 is 24.4 Å². The van der Waals surface area contributed by atoms with Gasteiger partial charge in [-0.15, -0.1) is 0 Å². The first-order valence-corrected chi connectivity index (χ1v) is 5.33. The minimum absolute atomic E-state index is 0.166. The van der Waals surface area contributed by atoms with Gasteiger partial charge >= 0.3 is 0 Å². The first-order chi connectivity index (χ1) is 7.94. The second-order valence-electron chi connectivity index (χ2n) is 4.54. The lowest BCUT2D eigenvalue weighted by molar-refractivity contribution is -0.224. The van der Waals surface area contributed by atoms with Crippen LogP contribution in [0.25, 0.3) is 10.4 Å². The Morgan fingerprint density at radius 3 is 2.76 bits per heavy atom. The van der Waals surface area contributed by atoms with Crippen molar-refractivity contribution in [3.63, 3.8) is 0 Å². The molecule has 0 saturated carbocycles. The average molecular weight is 245 g/mol. The van der Waals surface area contributed by atoms with Gasteiger partial charge in [-0.1, -0.05) is 5.11 Å². The number of aliphatic hydroxyl groups is 2. The molecule has 2 aliphatic rings. The van der Waals surface area contributed by atoms with E-state index in [4.69, 9.17) is 19.7 Å². The number of ether oxygens (including phenoxy) is 3. The van der Waals surface area contributed by atoms with Gasteiger partial charge in [0.2, 0.25) is 0 Å². The number of hydrogen-bond acceptors (Lipinski definition) is 6. The molecule has 0 radical (unpaired) electrons. The Bertz CT molecular complexity index is 344. The normalized spacial score (nSPS) is 40.7. The fourth-order valence-electron chi connectivity index (χ4n) is 2.06. The lowest BCUT2D eigenvalue weighted by atomic mass is 10.1. The van der Waals surface area contributed by atoms with Crippen molar-refractivity contribution in [3.05, 3.63) is 10.4 Å². The van der Waals surface area contributed by atoms with E-state index in [2.05, 4.69) is 10.0 Å². The molecule has 0 aromatic heterocycles. The Kier molecular flexibility index (Phi) is 3.26. The zero-order valence-electron chi connectivity index (χ0n) is 9.55. The lowest BCUT2D eigenvalue weighted by Crippen LogP contribution is -2.42. The highest BCUT2D eigenvalue weighted by Crippen LogP contribution is 2.38. The maximum Gasteiger partial charge on any atom is 0.190 e. The van der Waals surface area contributed by atoms with Gasteiger partial charge < -0.3 is 24.4 Å². The Morgan fingerprint density at radius 1 is 1.47 bits per heavy atom. The van der Waals surface area contributed by atoms with Crippen LogP contribution in [0.4, 0.5) is 0 Å². The van der Waals surface area contributed by atoms with Crippen molar-refractivity contribution >= 4 is 0 Å². The third-order valence-electron chi connectivity index (χ3n) is 2.76. The number of azide groups is 1. The molecule has 96 valence electrons. The minimum Gasteiger partial charge on any atom is -0.390 e. The van der Waals surface area contributed by atoms with E-state index in [9.17, 15) is 10.2 Å². The number of fused-ring (bicyclic) bond motifs is 1. The molecule has 0 aliphatic carbocycles. The fourth-order valence-corrected chi connectivity index (χ4v) is 2.06. The first kappa shape index (κ1) is 12.6. The number of rotatable bonds is 3. The minimum atomic E-state index is -1.08. The monoisotopic (exact) mass is 245 g/mol. The Balaban J connectivity index is 2.00. The van der Waals surface area contributed by atoms with Gasteiger partial charge in [0.1, 0.15) is 18.3 Å². The molecule has 2 unspecified atom stereocenters.